The van der Waals surface area contributed by atoms with Gasteiger partial charge in [0, 0.05) is 0 Å². The van der Waals surface area contributed by atoms with Crippen LogP contribution in [0.5, 0.6) is 0 Å². The first-order valence-corrected chi connectivity index (χ1v) is 6.55. The van der Waals surface area contributed by atoms with Crippen molar-refractivity contribution in [1.29, 1.82) is 5.26 Å². The molecule has 2 aliphatic rings. The number of rotatable bonds is 3. The van der Waals surface area contributed by atoms with Crippen molar-refractivity contribution >= 4 is 0 Å². The van der Waals surface area contributed by atoms with E-state index in [2.05, 4.69) is 26.8 Å². The van der Waals surface area contributed by atoms with Gasteiger partial charge in [-0.15, -0.1) is 0 Å². The predicted molar refractivity (Wildman–Crippen MR) is 67.2 cm³/mol. The summed E-state index contributed by atoms with van der Waals surface area (Å²) in [6, 6.07) is 2.10. The summed E-state index contributed by atoms with van der Waals surface area (Å²) < 4.78 is 5.98. The molecule has 2 saturated carbocycles. The lowest BCUT2D eigenvalue weighted by Crippen LogP contribution is -2.44. The topological polar surface area (TPSA) is 59.0 Å². The van der Waals surface area contributed by atoms with Crippen molar-refractivity contribution in [3.8, 4) is 6.07 Å². The Balaban J connectivity index is 2.05. The zero-order valence-corrected chi connectivity index (χ0v) is 11.4. The summed E-state index contributed by atoms with van der Waals surface area (Å²) in [5.74, 6) is 0.767. The second kappa shape index (κ2) is 3.70. The fraction of sp³-hybridized carbons (Fsp3) is 0.929. The summed E-state index contributed by atoms with van der Waals surface area (Å²) in [6.07, 6.45) is 3.96. The Bertz CT molecular complexity index is 356. The van der Waals surface area contributed by atoms with Gasteiger partial charge in [-0.3, -0.25) is 0 Å². The van der Waals surface area contributed by atoms with Crippen LogP contribution in [-0.4, -0.2) is 18.2 Å². The molecular formula is C14H24N2O. The number of nitrogens with zero attached hydrogens (tertiary/aromatic N) is 1. The van der Waals surface area contributed by atoms with Crippen molar-refractivity contribution in [3.63, 3.8) is 0 Å². The normalized spacial score (nSPS) is 42.1. The molecule has 0 heterocycles. The molecule has 3 heteroatoms. The fourth-order valence-corrected chi connectivity index (χ4v) is 3.69. The lowest BCUT2D eigenvalue weighted by atomic mass is 9.70. The van der Waals surface area contributed by atoms with E-state index in [-0.39, 0.29) is 11.5 Å². The maximum absolute atomic E-state index is 8.91. The molecule has 2 aliphatic carbocycles. The third kappa shape index (κ3) is 1.78. The van der Waals surface area contributed by atoms with Crippen molar-refractivity contribution in [3.05, 3.63) is 0 Å². The lowest BCUT2D eigenvalue weighted by molar-refractivity contribution is -0.0554. The second-order valence-electron chi connectivity index (χ2n) is 6.94. The fourth-order valence-electron chi connectivity index (χ4n) is 3.69. The molecule has 4 atom stereocenters. The number of fused-ring (bicyclic) bond motifs is 2. The van der Waals surface area contributed by atoms with Crippen molar-refractivity contribution in [1.82, 2.24) is 0 Å². The molecule has 4 unspecified atom stereocenters. The van der Waals surface area contributed by atoms with Gasteiger partial charge in [0.25, 0.3) is 0 Å². The van der Waals surface area contributed by atoms with Gasteiger partial charge in [0.05, 0.1) is 18.8 Å². The lowest BCUT2D eigenvalue weighted by Gasteiger charge is -2.39. The smallest absolute Gasteiger partial charge is 0.125 e. The minimum absolute atomic E-state index is 0.253. The minimum atomic E-state index is -0.859. The van der Waals surface area contributed by atoms with E-state index in [1.165, 1.54) is 12.8 Å². The molecule has 17 heavy (non-hydrogen) atoms. The number of hydrogen-bond acceptors (Lipinski definition) is 3. The molecule has 2 bridgehead atoms. The Labute approximate surface area is 104 Å². The third-order valence-electron chi connectivity index (χ3n) is 5.55. The molecule has 2 fully saturated rings. The van der Waals surface area contributed by atoms with E-state index in [9.17, 15) is 0 Å². The quantitative estimate of drug-likeness (QED) is 0.819. The van der Waals surface area contributed by atoms with Crippen LogP contribution in [0.15, 0.2) is 0 Å². The van der Waals surface area contributed by atoms with Crippen LogP contribution in [0.4, 0.5) is 0 Å². The van der Waals surface area contributed by atoms with Crippen molar-refractivity contribution in [2.75, 3.05) is 6.61 Å². The number of nitriles is 1. The highest BCUT2D eigenvalue weighted by atomic mass is 16.5. The van der Waals surface area contributed by atoms with E-state index in [4.69, 9.17) is 15.7 Å². The molecule has 2 N–H and O–H groups in total. The van der Waals surface area contributed by atoms with Crippen LogP contribution in [-0.2, 0) is 4.74 Å². The van der Waals surface area contributed by atoms with Crippen LogP contribution < -0.4 is 5.73 Å². The van der Waals surface area contributed by atoms with Gasteiger partial charge >= 0.3 is 0 Å². The average molecular weight is 236 g/mol. The molecule has 0 aliphatic heterocycles. The van der Waals surface area contributed by atoms with Crippen LogP contribution in [0.2, 0.25) is 0 Å². The van der Waals surface area contributed by atoms with E-state index in [1.54, 1.807) is 6.92 Å². The average Bonchev–Trinajstić information content (AvgIpc) is 2.58. The first-order chi connectivity index (χ1) is 7.73. The largest absolute Gasteiger partial charge is 0.375 e. The molecule has 0 aromatic heterocycles. The zero-order valence-electron chi connectivity index (χ0n) is 11.4. The molecular weight excluding hydrogens is 212 g/mol. The molecule has 3 nitrogen and oxygen atoms in total. The van der Waals surface area contributed by atoms with Gasteiger partial charge in [-0.2, -0.15) is 5.26 Å². The Morgan fingerprint density at radius 3 is 2.53 bits per heavy atom. The van der Waals surface area contributed by atoms with E-state index < -0.39 is 5.54 Å². The molecule has 0 spiro atoms. The Morgan fingerprint density at radius 1 is 1.47 bits per heavy atom. The van der Waals surface area contributed by atoms with Crippen LogP contribution in [0.3, 0.4) is 0 Å². The zero-order chi connectivity index (χ0) is 12.9. The minimum Gasteiger partial charge on any atom is -0.375 e. The maximum Gasteiger partial charge on any atom is 0.125 e. The molecule has 0 saturated heterocycles. The number of hydrogen-bond donors (Lipinski definition) is 1. The number of ether oxygens (including phenoxy) is 1. The monoisotopic (exact) mass is 236 g/mol. The highest BCUT2D eigenvalue weighted by Gasteiger charge is 2.61. The standard InChI is InChI=1S/C14H24N2O/c1-12(2)10-5-6-14(12,4)11(7-10)17-9-13(3,16)8-15/h10-11H,5-7,9,16H2,1-4H3. The van der Waals surface area contributed by atoms with Crippen LogP contribution >= 0.6 is 0 Å². The third-order valence-corrected chi connectivity index (χ3v) is 5.55. The van der Waals surface area contributed by atoms with Gasteiger partial charge in [0.2, 0.25) is 0 Å². The first kappa shape index (κ1) is 12.9. The van der Waals surface area contributed by atoms with Gasteiger partial charge in [0.1, 0.15) is 5.54 Å². The maximum atomic E-state index is 8.91. The molecule has 2 rings (SSSR count). The van der Waals surface area contributed by atoms with E-state index in [0.717, 1.165) is 12.3 Å². The van der Waals surface area contributed by atoms with Crippen molar-refractivity contribution < 1.29 is 4.74 Å². The molecule has 0 amide bonds. The van der Waals surface area contributed by atoms with Crippen LogP contribution in [0, 0.1) is 28.1 Å². The summed E-state index contributed by atoms with van der Waals surface area (Å²) in [4.78, 5) is 0. The van der Waals surface area contributed by atoms with Gasteiger partial charge in [-0.05, 0) is 42.9 Å². The summed E-state index contributed by atoms with van der Waals surface area (Å²) in [5, 5.41) is 8.91. The second-order valence-corrected chi connectivity index (χ2v) is 6.94. The van der Waals surface area contributed by atoms with Crippen molar-refractivity contribution in [2.24, 2.45) is 22.5 Å². The van der Waals surface area contributed by atoms with Crippen LogP contribution in [0.1, 0.15) is 47.0 Å². The highest BCUT2D eigenvalue weighted by molar-refractivity contribution is 5.11. The van der Waals surface area contributed by atoms with E-state index in [1.807, 2.05) is 0 Å². The Hall–Kier alpha value is -0.590. The van der Waals surface area contributed by atoms with Gasteiger partial charge < -0.3 is 10.5 Å². The highest BCUT2D eigenvalue weighted by Crippen LogP contribution is 2.66. The molecule has 0 aromatic rings. The Kier molecular flexibility index (Phi) is 2.80. The van der Waals surface area contributed by atoms with E-state index >= 15 is 0 Å². The van der Waals surface area contributed by atoms with Crippen molar-refractivity contribution in [2.45, 2.75) is 58.6 Å². The van der Waals surface area contributed by atoms with Crippen LogP contribution in [0.25, 0.3) is 0 Å². The predicted octanol–water partition coefficient (Wildman–Crippen LogP) is 2.46. The summed E-state index contributed by atoms with van der Waals surface area (Å²) in [7, 11) is 0. The molecule has 96 valence electrons. The summed E-state index contributed by atoms with van der Waals surface area (Å²) in [6.45, 7) is 9.13. The number of nitrogens with two attached hydrogens (primary N) is 1. The summed E-state index contributed by atoms with van der Waals surface area (Å²) >= 11 is 0. The van der Waals surface area contributed by atoms with Gasteiger partial charge in [0.15, 0.2) is 0 Å². The molecule has 0 radical (unpaired) electrons. The molecule has 0 aromatic carbocycles. The van der Waals surface area contributed by atoms with Gasteiger partial charge in [-0.25, -0.2) is 0 Å². The first-order valence-electron chi connectivity index (χ1n) is 6.55. The van der Waals surface area contributed by atoms with E-state index in [0.29, 0.717) is 12.0 Å². The SMILES string of the molecule is CC(N)(C#N)COC1CC2CCC1(C)C2(C)C. The van der Waals surface area contributed by atoms with Gasteiger partial charge in [-0.1, -0.05) is 20.8 Å². The summed E-state index contributed by atoms with van der Waals surface area (Å²) in [5.41, 5.74) is 5.57. The Morgan fingerprint density at radius 2 is 2.12 bits per heavy atom.